The highest BCUT2D eigenvalue weighted by Crippen LogP contribution is 2.33. The normalized spacial score (nSPS) is 12.5. The molecule has 0 saturated carbocycles. The molecule has 3 nitrogen and oxygen atoms in total. The Morgan fingerprint density at radius 2 is 1.86 bits per heavy atom. The Hall–Kier alpha value is -2.10. The van der Waals surface area contributed by atoms with Gasteiger partial charge in [0, 0.05) is 17.0 Å². The van der Waals surface area contributed by atoms with E-state index in [9.17, 15) is 0 Å². The largest absolute Gasteiger partial charge is 0.356 e. The fourth-order valence-corrected chi connectivity index (χ4v) is 2.53. The van der Waals surface area contributed by atoms with Gasteiger partial charge >= 0.3 is 0 Å². The second-order valence-electron chi connectivity index (χ2n) is 5.03. The van der Waals surface area contributed by atoms with Gasteiger partial charge < -0.3 is 10.3 Å². The number of allylic oxidation sites excluding steroid dienone is 1. The minimum absolute atomic E-state index is 0. The van der Waals surface area contributed by atoms with Crippen LogP contribution in [0.2, 0.25) is 0 Å². The van der Waals surface area contributed by atoms with Crippen molar-refractivity contribution in [2.45, 2.75) is 19.4 Å². The van der Waals surface area contributed by atoms with Gasteiger partial charge in [-0.15, -0.1) is 12.4 Å². The third kappa shape index (κ3) is 3.06. The lowest BCUT2D eigenvalue weighted by molar-refractivity contribution is 0.459. The summed E-state index contributed by atoms with van der Waals surface area (Å²) in [6.45, 7) is 2.00. The van der Waals surface area contributed by atoms with E-state index in [1.807, 2.05) is 49.4 Å². The van der Waals surface area contributed by atoms with Crippen LogP contribution in [-0.2, 0) is 0 Å². The number of rotatable bonds is 4. The van der Waals surface area contributed by atoms with E-state index in [1.165, 1.54) is 0 Å². The number of hydrogen-bond acceptors (Lipinski definition) is 3. The standard InChI is InChI=1S/C18H18N2O.ClH/c1-2-3-11-16(19)13-8-4-5-9-14(13)18-15-10-6-7-12-17(15)21-20-18;/h2-10,12,16H,11,19H2,1H3;1H. The van der Waals surface area contributed by atoms with E-state index in [2.05, 4.69) is 23.4 Å². The predicted molar refractivity (Wildman–Crippen MR) is 93.1 cm³/mol. The van der Waals surface area contributed by atoms with Crippen molar-refractivity contribution in [3.8, 4) is 11.3 Å². The number of nitrogens with zero attached hydrogens (tertiary/aromatic N) is 1. The van der Waals surface area contributed by atoms with Crippen molar-refractivity contribution in [1.29, 1.82) is 0 Å². The lowest BCUT2D eigenvalue weighted by Crippen LogP contribution is -2.10. The van der Waals surface area contributed by atoms with Crippen LogP contribution in [0.3, 0.4) is 0 Å². The number of nitrogens with two attached hydrogens (primary N) is 1. The Labute approximate surface area is 136 Å². The van der Waals surface area contributed by atoms with Gasteiger partial charge in [0.15, 0.2) is 5.58 Å². The maximum Gasteiger partial charge on any atom is 0.167 e. The van der Waals surface area contributed by atoms with Crippen molar-refractivity contribution in [3.05, 3.63) is 66.2 Å². The molecule has 0 aliphatic rings. The molecular weight excluding hydrogens is 296 g/mol. The van der Waals surface area contributed by atoms with Gasteiger partial charge in [-0.2, -0.15) is 0 Å². The summed E-state index contributed by atoms with van der Waals surface area (Å²) in [5.41, 5.74) is 10.1. The molecule has 114 valence electrons. The van der Waals surface area contributed by atoms with Gasteiger partial charge in [0.2, 0.25) is 0 Å². The number of fused-ring (bicyclic) bond motifs is 1. The number of aromatic nitrogens is 1. The molecule has 1 unspecified atom stereocenters. The van der Waals surface area contributed by atoms with Gasteiger partial charge in [-0.25, -0.2) is 0 Å². The van der Waals surface area contributed by atoms with E-state index in [-0.39, 0.29) is 18.4 Å². The second kappa shape index (κ2) is 7.25. The SMILES string of the molecule is CC=CCC(N)c1ccccc1-c1noc2ccccc12.Cl. The molecular formula is C18H19ClN2O. The zero-order valence-electron chi connectivity index (χ0n) is 12.4. The van der Waals surface area contributed by atoms with Crippen LogP contribution in [0.1, 0.15) is 24.9 Å². The quantitative estimate of drug-likeness (QED) is 0.698. The topological polar surface area (TPSA) is 52.0 Å². The van der Waals surface area contributed by atoms with Crippen LogP contribution in [0.5, 0.6) is 0 Å². The van der Waals surface area contributed by atoms with Gasteiger partial charge in [0.1, 0.15) is 5.69 Å². The number of hydrogen-bond donors (Lipinski definition) is 1. The molecule has 0 radical (unpaired) electrons. The third-order valence-electron chi connectivity index (χ3n) is 3.62. The molecule has 2 aromatic carbocycles. The Morgan fingerprint density at radius 1 is 1.14 bits per heavy atom. The summed E-state index contributed by atoms with van der Waals surface area (Å²) in [4.78, 5) is 0. The summed E-state index contributed by atoms with van der Waals surface area (Å²) in [7, 11) is 0. The van der Waals surface area contributed by atoms with Gasteiger partial charge in [-0.1, -0.05) is 53.7 Å². The summed E-state index contributed by atoms with van der Waals surface area (Å²) < 4.78 is 5.41. The first kappa shape index (κ1) is 16.3. The zero-order valence-corrected chi connectivity index (χ0v) is 13.2. The molecule has 1 aromatic heterocycles. The fourth-order valence-electron chi connectivity index (χ4n) is 2.53. The predicted octanol–water partition coefficient (Wildman–Crippen LogP) is 4.88. The minimum atomic E-state index is -0.0483. The highest BCUT2D eigenvalue weighted by atomic mass is 35.5. The first-order chi connectivity index (χ1) is 10.3. The molecule has 0 aliphatic carbocycles. The van der Waals surface area contributed by atoms with Crippen molar-refractivity contribution < 1.29 is 4.52 Å². The average Bonchev–Trinajstić information content (AvgIpc) is 2.96. The van der Waals surface area contributed by atoms with Crippen LogP contribution in [0, 0.1) is 0 Å². The van der Waals surface area contributed by atoms with E-state index >= 15 is 0 Å². The molecule has 0 bridgehead atoms. The van der Waals surface area contributed by atoms with Gasteiger partial charge in [0.25, 0.3) is 0 Å². The van der Waals surface area contributed by atoms with Crippen molar-refractivity contribution >= 4 is 23.4 Å². The average molecular weight is 315 g/mol. The summed E-state index contributed by atoms with van der Waals surface area (Å²) in [6, 6.07) is 16.0. The van der Waals surface area contributed by atoms with Crippen molar-refractivity contribution in [2.24, 2.45) is 5.73 Å². The molecule has 0 amide bonds. The van der Waals surface area contributed by atoms with Crippen molar-refractivity contribution in [2.75, 3.05) is 0 Å². The Bertz CT molecular complexity index is 779. The van der Waals surface area contributed by atoms with E-state index in [0.717, 1.165) is 34.2 Å². The maximum atomic E-state index is 6.32. The van der Waals surface area contributed by atoms with Crippen molar-refractivity contribution in [3.63, 3.8) is 0 Å². The summed E-state index contributed by atoms with van der Waals surface area (Å²) in [5, 5.41) is 5.26. The molecule has 4 heteroatoms. The Morgan fingerprint density at radius 3 is 2.68 bits per heavy atom. The third-order valence-corrected chi connectivity index (χ3v) is 3.62. The molecule has 0 fully saturated rings. The first-order valence-electron chi connectivity index (χ1n) is 7.11. The van der Waals surface area contributed by atoms with Gasteiger partial charge in [-0.3, -0.25) is 0 Å². The van der Waals surface area contributed by atoms with Crippen LogP contribution < -0.4 is 5.73 Å². The molecule has 2 N–H and O–H groups in total. The molecule has 3 aromatic rings. The van der Waals surface area contributed by atoms with Crippen molar-refractivity contribution in [1.82, 2.24) is 5.16 Å². The lowest BCUT2D eigenvalue weighted by atomic mass is 9.95. The molecule has 1 heterocycles. The van der Waals surface area contributed by atoms with Crippen LogP contribution in [0.25, 0.3) is 22.2 Å². The van der Waals surface area contributed by atoms with Crippen LogP contribution in [0.15, 0.2) is 65.2 Å². The van der Waals surface area contributed by atoms with E-state index in [0.29, 0.717) is 0 Å². The van der Waals surface area contributed by atoms with E-state index in [4.69, 9.17) is 10.3 Å². The summed E-state index contributed by atoms with van der Waals surface area (Å²) in [5.74, 6) is 0. The monoisotopic (exact) mass is 314 g/mol. The summed E-state index contributed by atoms with van der Waals surface area (Å²) >= 11 is 0. The minimum Gasteiger partial charge on any atom is -0.356 e. The highest BCUT2D eigenvalue weighted by Gasteiger charge is 2.16. The molecule has 0 saturated heterocycles. The molecule has 3 rings (SSSR count). The number of para-hydroxylation sites is 1. The van der Waals surface area contributed by atoms with Crippen LogP contribution in [0.4, 0.5) is 0 Å². The fraction of sp³-hybridized carbons (Fsp3) is 0.167. The highest BCUT2D eigenvalue weighted by molar-refractivity contribution is 5.92. The van der Waals surface area contributed by atoms with Crippen LogP contribution in [-0.4, -0.2) is 5.16 Å². The second-order valence-corrected chi connectivity index (χ2v) is 5.03. The molecule has 1 atom stereocenters. The summed E-state index contributed by atoms with van der Waals surface area (Å²) in [6.07, 6.45) is 4.92. The number of halogens is 1. The lowest BCUT2D eigenvalue weighted by Gasteiger charge is -2.13. The maximum absolute atomic E-state index is 6.32. The zero-order chi connectivity index (χ0) is 14.7. The smallest absolute Gasteiger partial charge is 0.167 e. The van der Waals surface area contributed by atoms with Gasteiger partial charge in [-0.05, 0) is 31.0 Å². The molecule has 0 spiro atoms. The molecule has 22 heavy (non-hydrogen) atoms. The van der Waals surface area contributed by atoms with Crippen LogP contribution >= 0.6 is 12.4 Å². The Balaban J connectivity index is 0.00000176. The first-order valence-corrected chi connectivity index (χ1v) is 7.11. The van der Waals surface area contributed by atoms with Gasteiger partial charge in [0.05, 0.1) is 0 Å². The van der Waals surface area contributed by atoms with E-state index < -0.39 is 0 Å². The Kier molecular flexibility index (Phi) is 5.36. The number of benzene rings is 2. The van der Waals surface area contributed by atoms with E-state index in [1.54, 1.807) is 0 Å². The molecule has 0 aliphatic heterocycles.